The average molecular weight is 404 g/mol. The highest BCUT2D eigenvalue weighted by molar-refractivity contribution is 6.01. The first kappa shape index (κ1) is 18.3. The molecule has 1 aliphatic heterocycles. The van der Waals surface area contributed by atoms with E-state index in [1.54, 1.807) is 32.3 Å². The molecule has 0 aliphatic carbocycles. The molecule has 9 heteroatoms. The molecule has 0 radical (unpaired) electrons. The number of H-pyrrole nitrogens is 1. The largest absolute Gasteiger partial charge is 0.360 e. The van der Waals surface area contributed by atoms with Crippen molar-refractivity contribution in [2.24, 2.45) is 0 Å². The molecule has 0 saturated carbocycles. The van der Waals surface area contributed by atoms with E-state index in [0.717, 1.165) is 24.1 Å². The summed E-state index contributed by atoms with van der Waals surface area (Å²) in [5.41, 5.74) is 3.47. The number of carbonyl (C=O) groups is 1. The van der Waals surface area contributed by atoms with E-state index in [4.69, 9.17) is 4.52 Å². The Labute approximate surface area is 171 Å². The van der Waals surface area contributed by atoms with Gasteiger partial charge in [-0.05, 0) is 38.8 Å². The van der Waals surface area contributed by atoms with Gasteiger partial charge < -0.3 is 9.42 Å². The fraction of sp³-hybridized carbons (Fsp3) is 0.286. The molecule has 0 aromatic carbocycles. The predicted octanol–water partition coefficient (Wildman–Crippen LogP) is 2.67. The lowest BCUT2D eigenvalue weighted by atomic mass is 10.1. The van der Waals surface area contributed by atoms with Crippen LogP contribution in [0.1, 0.15) is 46.4 Å². The number of likely N-dealkylation sites (tertiary alicyclic amines) is 1. The summed E-state index contributed by atoms with van der Waals surface area (Å²) >= 11 is 0. The Morgan fingerprint density at radius 1 is 1.30 bits per heavy atom. The second kappa shape index (κ2) is 6.94. The number of pyridine rings is 1. The normalized spacial score (nSPS) is 16.5. The van der Waals surface area contributed by atoms with E-state index in [2.05, 4.69) is 20.2 Å². The SMILES string of the molecule is Cc1cc(=O)n2[nH]c([C@H]3CCCN3C(=O)c3c(-c4cccnc4)noc3C)cc2n1. The highest BCUT2D eigenvalue weighted by atomic mass is 16.5. The molecule has 0 spiro atoms. The Balaban J connectivity index is 1.54. The summed E-state index contributed by atoms with van der Waals surface area (Å²) in [6.07, 6.45) is 4.98. The van der Waals surface area contributed by atoms with E-state index in [0.29, 0.717) is 34.9 Å². The monoisotopic (exact) mass is 404 g/mol. The van der Waals surface area contributed by atoms with Gasteiger partial charge in [0.2, 0.25) is 0 Å². The van der Waals surface area contributed by atoms with Gasteiger partial charge in [0, 0.05) is 42.3 Å². The average Bonchev–Trinajstić information content (AvgIpc) is 3.45. The minimum atomic E-state index is -0.185. The van der Waals surface area contributed by atoms with Crippen molar-refractivity contribution >= 4 is 11.6 Å². The first-order valence-corrected chi connectivity index (χ1v) is 9.80. The lowest BCUT2D eigenvalue weighted by Gasteiger charge is -2.23. The highest BCUT2D eigenvalue weighted by Crippen LogP contribution is 2.35. The highest BCUT2D eigenvalue weighted by Gasteiger charge is 2.35. The number of aryl methyl sites for hydroxylation is 2. The van der Waals surface area contributed by atoms with Crippen molar-refractivity contribution in [1.82, 2.24) is 29.6 Å². The van der Waals surface area contributed by atoms with Gasteiger partial charge in [0.05, 0.1) is 11.7 Å². The van der Waals surface area contributed by atoms with E-state index >= 15 is 0 Å². The van der Waals surface area contributed by atoms with Gasteiger partial charge >= 0.3 is 0 Å². The Kier molecular flexibility index (Phi) is 4.23. The molecule has 0 bridgehead atoms. The third kappa shape index (κ3) is 2.90. The molecule has 1 fully saturated rings. The molecule has 1 saturated heterocycles. The molecule has 1 atom stereocenters. The first-order chi connectivity index (χ1) is 14.5. The number of nitrogens with zero attached hydrogens (tertiary/aromatic N) is 5. The Morgan fingerprint density at radius 3 is 2.97 bits per heavy atom. The summed E-state index contributed by atoms with van der Waals surface area (Å²) in [6, 6.07) is 6.78. The summed E-state index contributed by atoms with van der Waals surface area (Å²) in [5, 5.41) is 7.23. The van der Waals surface area contributed by atoms with Crippen LogP contribution in [0.15, 0.2) is 46.0 Å². The summed E-state index contributed by atoms with van der Waals surface area (Å²) in [5.74, 6) is 0.319. The van der Waals surface area contributed by atoms with Crippen LogP contribution in [0.3, 0.4) is 0 Å². The topological polar surface area (TPSA) is 109 Å². The fourth-order valence-electron chi connectivity index (χ4n) is 4.10. The maximum atomic E-state index is 13.6. The first-order valence-electron chi connectivity index (χ1n) is 9.80. The lowest BCUT2D eigenvalue weighted by molar-refractivity contribution is 0.0731. The molecule has 1 aliphatic rings. The number of rotatable bonds is 3. The smallest absolute Gasteiger partial charge is 0.272 e. The maximum absolute atomic E-state index is 13.6. The second-order valence-electron chi connectivity index (χ2n) is 7.50. The summed E-state index contributed by atoms with van der Waals surface area (Å²) < 4.78 is 6.77. The van der Waals surface area contributed by atoms with Gasteiger partial charge in [-0.2, -0.15) is 0 Å². The van der Waals surface area contributed by atoms with Crippen molar-refractivity contribution in [3.05, 3.63) is 69.7 Å². The van der Waals surface area contributed by atoms with Crippen molar-refractivity contribution in [2.75, 3.05) is 6.54 Å². The molecule has 30 heavy (non-hydrogen) atoms. The van der Waals surface area contributed by atoms with E-state index < -0.39 is 0 Å². The zero-order valence-corrected chi connectivity index (χ0v) is 16.6. The zero-order chi connectivity index (χ0) is 20.8. The number of aromatic nitrogens is 5. The van der Waals surface area contributed by atoms with Gasteiger partial charge in [-0.3, -0.25) is 19.7 Å². The number of amides is 1. The minimum Gasteiger partial charge on any atom is -0.360 e. The summed E-state index contributed by atoms with van der Waals surface area (Å²) in [6.45, 7) is 4.13. The third-order valence-electron chi connectivity index (χ3n) is 5.48. The van der Waals surface area contributed by atoms with Crippen LogP contribution in [0.25, 0.3) is 16.9 Å². The molecule has 1 amide bonds. The van der Waals surface area contributed by atoms with Crippen LogP contribution < -0.4 is 5.56 Å². The van der Waals surface area contributed by atoms with Gasteiger partial charge in [0.25, 0.3) is 11.5 Å². The van der Waals surface area contributed by atoms with E-state index in [9.17, 15) is 9.59 Å². The van der Waals surface area contributed by atoms with Gasteiger partial charge in [0.1, 0.15) is 17.0 Å². The van der Waals surface area contributed by atoms with Gasteiger partial charge in [-0.15, -0.1) is 0 Å². The molecule has 1 N–H and O–H groups in total. The van der Waals surface area contributed by atoms with Gasteiger partial charge in [0.15, 0.2) is 5.65 Å². The van der Waals surface area contributed by atoms with Crippen LogP contribution in [0.2, 0.25) is 0 Å². The Hall–Kier alpha value is -3.75. The third-order valence-corrected chi connectivity index (χ3v) is 5.48. The fourth-order valence-corrected chi connectivity index (χ4v) is 4.10. The lowest BCUT2D eigenvalue weighted by Crippen LogP contribution is -2.31. The second-order valence-corrected chi connectivity index (χ2v) is 7.50. The van der Waals surface area contributed by atoms with Crippen molar-refractivity contribution in [3.8, 4) is 11.3 Å². The molecule has 4 aromatic heterocycles. The van der Waals surface area contributed by atoms with Crippen LogP contribution in [0.5, 0.6) is 0 Å². The number of hydrogen-bond acceptors (Lipinski definition) is 6. The van der Waals surface area contributed by atoms with Crippen molar-refractivity contribution < 1.29 is 9.32 Å². The molecular weight excluding hydrogens is 384 g/mol. The number of aromatic amines is 1. The quantitative estimate of drug-likeness (QED) is 0.562. The predicted molar refractivity (Wildman–Crippen MR) is 108 cm³/mol. The summed E-state index contributed by atoms with van der Waals surface area (Å²) in [4.78, 5) is 36.2. The zero-order valence-electron chi connectivity index (χ0n) is 16.6. The summed E-state index contributed by atoms with van der Waals surface area (Å²) in [7, 11) is 0. The number of hydrogen-bond donors (Lipinski definition) is 1. The number of nitrogens with one attached hydrogen (secondary N) is 1. The Bertz CT molecular complexity index is 1300. The van der Waals surface area contributed by atoms with Crippen LogP contribution in [0.4, 0.5) is 0 Å². The molecule has 9 nitrogen and oxygen atoms in total. The van der Waals surface area contributed by atoms with Crippen molar-refractivity contribution in [3.63, 3.8) is 0 Å². The van der Waals surface area contributed by atoms with E-state index in [-0.39, 0.29) is 17.5 Å². The molecular formula is C21H20N6O3. The minimum absolute atomic E-state index is 0.148. The molecule has 5 rings (SSSR count). The molecule has 0 unspecified atom stereocenters. The Morgan fingerprint density at radius 2 is 2.17 bits per heavy atom. The molecule has 5 heterocycles. The molecule has 4 aromatic rings. The maximum Gasteiger partial charge on any atom is 0.272 e. The van der Waals surface area contributed by atoms with Gasteiger partial charge in [-0.1, -0.05) is 5.16 Å². The number of fused-ring (bicyclic) bond motifs is 1. The van der Waals surface area contributed by atoms with Crippen LogP contribution >= 0.6 is 0 Å². The van der Waals surface area contributed by atoms with E-state index in [1.165, 1.54) is 10.6 Å². The van der Waals surface area contributed by atoms with Crippen LogP contribution in [-0.2, 0) is 0 Å². The van der Waals surface area contributed by atoms with Crippen molar-refractivity contribution in [2.45, 2.75) is 32.7 Å². The van der Waals surface area contributed by atoms with Crippen LogP contribution in [-0.4, -0.2) is 42.1 Å². The van der Waals surface area contributed by atoms with Gasteiger partial charge in [-0.25, -0.2) is 9.50 Å². The molecule has 152 valence electrons. The standard InChI is InChI=1S/C21H20N6O3/c1-12-9-18(28)27-17(23-12)10-15(24-27)16-6-4-8-26(16)21(29)19-13(2)30-25-20(19)14-5-3-7-22-11-14/h3,5,7,9-11,16,24H,4,6,8H2,1-2H3/t16-/m1/s1. The van der Waals surface area contributed by atoms with Crippen molar-refractivity contribution in [1.29, 1.82) is 0 Å². The number of carbonyl (C=O) groups excluding carboxylic acids is 1. The van der Waals surface area contributed by atoms with Crippen LogP contribution in [0, 0.1) is 13.8 Å². The van der Waals surface area contributed by atoms with E-state index in [1.807, 2.05) is 17.0 Å².